The van der Waals surface area contributed by atoms with Gasteiger partial charge in [-0.05, 0) is 25.3 Å². The van der Waals surface area contributed by atoms with Gasteiger partial charge in [0, 0.05) is 58.5 Å². The first-order valence-corrected chi connectivity index (χ1v) is 8.96. The van der Waals surface area contributed by atoms with Crippen LogP contribution in [0.25, 0.3) is 0 Å². The molecule has 0 aliphatic carbocycles. The van der Waals surface area contributed by atoms with E-state index in [1.54, 1.807) is 0 Å². The van der Waals surface area contributed by atoms with E-state index in [4.69, 9.17) is 5.73 Å². The molecule has 3 rings (SSSR count). The number of fused-ring (bicyclic) bond motifs is 1. The summed E-state index contributed by atoms with van der Waals surface area (Å²) in [4.78, 5) is 27.4. The van der Waals surface area contributed by atoms with Crippen molar-refractivity contribution in [2.24, 2.45) is 5.73 Å². The standard InChI is InChI=1S/C17H27N5O2/c18-16(23)6-11-20-7-3-10-22-15(13-20)12-14(19-22)4-5-17(24)21-8-1-2-9-21/h12H,1-11,13H2,(H2,18,23). The normalized spacial score (nSPS) is 18.4. The summed E-state index contributed by atoms with van der Waals surface area (Å²) in [5.74, 6) is -0.00681. The number of nitrogens with two attached hydrogens (primary N) is 1. The number of amides is 2. The molecule has 2 aliphatic heterocycles. The fourth-order valence-corrected chi connectivity index (χ4v) is 3.53. The third-order valence-electron chi connectivity index (χ3n) is 4.87. The summed E-state index contributed by atoms with van der Waals surface area (Å²) in [7, 11) is 0. The first kappa shape index (κ1) is 17.0. The van der Waals surface area contributed by atoms with Gasteiger partial charge < -0.3 is 10.6 Å². The molecule has 0 bridgehead atoms. The van der Waals surface area contributed by atoms with Gasteiger partial charge in [0.25, 0.3) is 0 Å². The first-order chi connectivity index (χ1) is 11.6. The Bertz CT molecular complexity index is 592. The molecule has 1 aromatic rings. The molecule has 0 unspecified atom stereocenters. The van der Waals surface area contributed by atoms with Crippen molar-refractivity contribution in [2.75, 3.05) is 26.2 Å². The Morgan fingerprint density at radius 3 is 2.62 bits per heavy atom. The van der Waals surface area contributed by atoms with E-state index in [0.29, 0.717) is 25.8 Å². The quantitative estimate of drug-likeness (QED) is 0.822. The van der Waals surface area contributed by atoms with Crippen molar-refractivity contribution < 1.29 is 9.59 Å². The second-order valence-electron chi connectivity index (χ2n) is 6.78. The van der Waals surface area contributed by atoms with Crippen molar-refractivity contribution in [3.8, 4) is 0 Å². The lowest BCUT2D eigenvalue weighted by Gasteiger charge is -2.18. The van der Waals surface area contributed by atoms with Crippen LogP contribution in [0.15, 0.2) is 6.07 Å². The average molecular weight is 333 g/mol. The zero-order valence-corrected chi connectivity index (χ0v) is 14.2. The minimum Gasteiger partial charge on any atom is -0.370 e. The summed E-state index contributed by atoms with van der Waals surface area (Å²) in [6.07, 6.45) is 4.92. The molecule has 0 atom stereocenters. The molecule has 0 radical (unpaired) electrons. The van der Waals surface area contributed by atoms with E-state index in [0.717, 1.165) is 57.7 Å². The Balaban J connectivity index is 1.55. The molecule has 0 aromatic carbocycles. The van der Waals surface area contributed by atoms with Crippen LogP contribution in [0.5, 0.6) is 0 Å². The Hall–Kier alpha value is -1.89. The minimum absolute atomic E-state index is 0.249. The van der Waals surface area contributed by atoms with Gasteiger partial charge >= 0.3 is 0 Å². The van der Waals surface area contributed by atoms with Gasteiger partial charge in [-0.2, -0.15) is 5.10 Å². The number of aryl methyl sites for hydroxylation is 2. The van der Waals surface area contributed by atoms with Crippen molar-refractivity contribution >= 4 is 11.8 Å². The fourth-order valence-electron chi connectivity index (χ4n) is 3.53. The van der Waals surface area contributed by atoms with E-state index in [-0.39, 0.29) is 11.8 Å². The van der Waals surface area contributed by atoms with Gasteiger partial charge in [-0.1, -0.05) is 0 Å². The van der Waals surface area contributed by atoms with Crippen molar-refractivity contribution in [1.29, 1.82) is 0 Å². The van der Waals surface area contributed by atoms with Crippen LogP contribution in [0.2, 0.25) is 0 Å². The number of nitrogens with zero attached hydrogens (tertiary/aromatic N) is 4. The molecule has 0 spiro atoms. The second-order valence-corrected chi connectivity index (χ2v) is 6.78. The number of hydrogen-bond acceptors (Lipinski definition) is 4. The first-order valence-electron chi connectivity index (χ1n) is 8.96. The van der Waals surface area contributed by atoms with Gasteiger partial charge in [-0.25, -0.2) is 0 Å². The number of carbonyl (C=O) groups excluding carboxylic acids is 2. The summed E-state index contributed by atoms with van der Waals surface area (Å²) in [6.45, 7) is 5.16. The highest BCUT2D eigenvalue weighted by atomic mass is 16.2. The van der Waals surface area contributed by atoms with Crippen LogP contribution in [-0.4, -0.2) is 57.6 Å². The lowest BCUT2D eigenvalue weighted by atomic mass is 10.2. The predicted molar refractivity (Wildman–Crippen MR) is 90.1 cm³/mol. The van der Waals surface area contributed by atoms with Gasteiger partial charge in [0.15, 0.2) is 0 Å². The van der Waals surface area contributed by atoms with Crippen LogP contribution < -0.4 is 5.73 Å². The molecule has 2 amide bonds. The maximum absolute atomic E-state index is 12.2. The smallest absolute Gasteiger partial charge is 0.222 e. The number of carbonyl (C=O) groups is 2. The van der Waals surface area contributed by atoms with Crippen molar-refractivity contribution in [1.82, 2.24) is 19.6 Å². The molecule has 1 saturated heterocycles. The third kappa shape index (κ3) is 4.35. The van der Waals surface area contributed by atoms with E-state index in [2.05, 4.69) is 20.7 Å². The number of primary amides is 1. The molecule has 2 aliphatic rings. The van der Waals surface area contributed by atoms with Crippen molar-refractivity contribution in [2.45, 2.75) is 51.6 Å². The van der Waals surface area contributed by atoms with Crippen molar-refractivity contribution in [3.05, 3.63) is 17.5 Å². The SMILES string of the molecule is NC(=O)CCN1CCCn2nc(CCC(=O)N3CCCC3)cc2C1. The van der Waals surface area contributed by atoms with Crippen LogP contribution >= 0.6 is 0 Å². The van der Waals surface area contributed by atoms with Crippen LogP contribution in [0.4, 0.5) is 0 Å². The third-order valence-corrected chi connectivity index (χ3v) is 4.87. The number of aromatic nitrogens is 2. The van der Waals surface area contributed by atoms with E-state index in [1.165, 1.54) is 5.69 Å². The molecule has 7 nitrogen and oxygen atoms in total. The van der Waals surface area contributed by atoms with Crippen LogP contribution in [0, 0.1) is 0 Å². The number of rotatable bonds is 6. The molecule has 3 heterocycles. The largest absolute Gasteiger partial charge is 0.370 e. The maximum Gasteiger partial charge on any atom is 0.222 e. The van der Waals surface area contributed by atoms with E-state index in [1.807, 2.05) is 4.90 Å². The zero-order valence-electron chi connectivity index (χ0n) is 14.2. The van der Waals surface area contributed by atoms with E-state index < -0.39 is 0 Å². The summed E-state index contributed by atoms with van der Waals surface area (Å²) < 4.78 is 2.06. The van der Waals surface area contributed by atoms with Gasteiger partial charge in [-0.15, -0.1) is 0 Å². The van der Waals surface area contributed by atoms with Crippen LogP contribution in [0.1, 0.15) is 43.5 Å². The minimum atomic E-state index is -0.256. The lowest BCUT2D eigenvalue weighted by Crippen LogP contribution is -2.28. The zero-order chi connectivity index (χ0) is 16.9. The summed E-state index contributed by atoms with van der Waals surface area (Å²) in [6, 6.07) is 2.11. The molecule has 0 saturated carbocycles. The average Bonchev–Trinajstić information content (AvgIpc) is 3.17. The van der Waals surface area contributed by atoms with Crippen LogP contribution in [0.3, 0.4) is 0 Å². The Morgan fingerprint density at radius 2 is 1.88 bits per heavy atom. The Labute approximate surface area is 142 Å². The van der Waals surface area contributed by atoms with Gasteiger partial charge in [-0.3, -0.25) is 19.2 Å². The highest BCUT2D eigenvalue weighted by Gasteiger charge is 2.20. The highest BCUT2D eigenvalue weighted by molar-refractivity contribution is 5.76. The Morgan fingerprint density at radius 1 is 1.08 bits per heavy atom. The van der Waals surface area contributed by atoms with E-state index >= 15 is 0 Å². The topological polar surface area (TPSA) is 84.5 Å². The van der Waals surface area contributed by atoms with Crippen molar-refractivity contribution in [3.63, 3.8) is 0 Å². The fraction of sp³-hybridized carbons (Fsp3) is 0.706. The number of hydrogen-bond donors (Lipinski definition) is 1. The van der Waals surface area contributed by atoms with E-state index in [9.17, 15) is 9.59 Å². The molecule has 132 valence electrons. The van der Waals surface area contributed by atoms with Gasteiger partial charge in [0.05, 0.1) is 11.4 Å². The second kappa shape index (κ2) is 7.79. The highest BCUT2D eigenvalue weighted by Crippen LogP contribution is 2.16. The molecule has 24 heavy (non-hydrogen) atoms. The number of likely N-dealkylation sites (tertiary alicyclic amines) is 1. The van der Waals surface area contributed by atoms with Gasteiger partial charge in [0.1, 0.15) is 0 Å². The molecule has 2 N–H and O–H groups in total. The van der Waals surface area contributed by atoms with Gasteiger partial charge in [0.2, 0.25) is 11.8 Å². The maximum atomic E-state index is 12.2. The van der Waals surface area contributed by atoms with Crippen LogP contribution in [-0.2, 0) is 29.1 Å². The summed E-state index contributed by atoms with van der Waals surface area (Å²) >= 11 is 0. The summed E-state index contributed by atoms with van der Waals surface area (Å²) in [5.41, 5.74) is 7.41. The summed E-state index contributed by atoms with van der Waals surface area (Å²) in [5, 5.41) is 4.67. The Kier molecular flexibility index (Phi) is 5.50. The molecule has 7 heteroatoms. The molecule has 1 fully saturated rings. The monoisotopic (exact) mass is 333 g/mol. The molecular weight excluding hydrogens is 306 g/mol. The predicted octanol–water partition coefficient (Wildman–Crippen LogP) is 0.519. The molecule has 1 aromatic heterocycles. The lowest BCUT2D eigenvalue weighted by molar-refractivity contribution is -0.130. The molecular formula is C17H27N5O2.